The van der Waals surface area contributed by atoms with Crippen LogP contribution in [-0.4, -0.2) is 50.0 Å². The molecule has 3 rings (SSSR count). The lowest BCUT2D eigenvalue weighted by atomic mass is 9.78. The van der Waals surface area contributed by atoms with Gasteiger partial charge in [0, 0.05) is 24.3 Å². The first-order valence-electron chi connectivity index (χ1n) is 11.7. The third-order valence-corrected chi connectivity index (χ3v) is 7.01. The fraction of sp³-hybridized carbons (Fsp3) is 0.692. The molecular weight excluding hydrogens is 394 g/mol. The average molecular weight is 434 g/mol. The smallest absolute Gasteiger partial charge is 0.0830 e. The normalized spacial score (nSPS) is 22.2. The predicted molar refractivity (Wildman–Crippen MR) is 126 cm³/mol. The quantitative estimate of drug-likeness (QED) is 0.429. The second-order valence-electron chi connectivity index (χ2n) is 10.0. The molecule has 2 heterocycles. The Morgan fingerprint density at radius 3 is 2.50 bits per heavy atom. The molecule has 0 bridgehead atoms. The lowest BCUT2D eigenvalue weighted by Gasteiger charge is -2.40. The number of nitrogens with zero attached hydrogens (tertiary/aromatic N) is 1. The van der Waals surface area contributed by atoms with Gasteiger partial charge in [0.05, 0.1) is 12.7 Å². The summed E-state index contributed by atoms with van der Waals surface area (Å²) in [6.07, 6.45) is 8.73. The Morgan fingerprint density at radius 2 is 1.90 bits per heavy atom. The van der Waals surface area contributed by atoms with Crippen LogP contribution in [0.3, 0.4) is 0 Å². The molecule has 0 radical (unpaired) electrons. The number of allylic oxidation sites excluding steroid dienone is 1. The molecule has 168 valence electrons. The first-order valence-corrected chi connectivity index (χ1v) is 12.1. The number of halogens is 1. The van der Waals surface area contributed by atoms with E-state index in [2.05, 4.69) is 50.8 Å². The monoisotopic (exact) mass is 433 g/mol. The van der Waals surface area contributed by atoms with Crippen LogP contribution in [0.1, 0.15) is 65.4 Å². The highest BCUT2D eigenvalue weighted by molar-refractivity contribution is 6.30. The number of hydrogen-bond acceptors (Lipinski definition) is 3. The zero-order valence-corrected chi connectivity index (χ0v) is 20.1. The van der Waals surface area contributed by atoms with E-state index >= 15 is 0 Å². The van der Waals surface area contributed by atoms with Gasteiger partial charge in [0.1, 0.15) is 0 Å². The van der Waals surface area contributed by atoms with E-state index in [0.29, 0.717) is 12.1 Å². The van der Waals surface area contributed by atoms with Gasteiger partial charge in [-0.25, -0.2) is 0 Å². The van der Waals surface area contributed by atoms with Crippen molar-refractivity contribution in [1.82, 2.24) is 4.90 Å². The molecule has 0 amide bonds. The zero-order valence-electron chi connectivity index (χ0n) is 19.3. The minimum absolute atomic E-state index is 0.106. The lowest BCUT2D eigenvalue weighted by molar-refractivity contribution is 0.0287. The predicted octanol–water partition coefficient (Wildman–Crippen LogP) is 6.25. The number of rotatable bonds is 9. The topological polar surface area (TPSA) is 21.7 Å². The van der Waals surface area contributed by atoms with E-state index in [4.69, 9.17) is 21.1 Å². The Balaban J connectivity index is 1.53. The van der Waals surface area contributed by atoms with Gasteiger partial charge in [0.15, 0.2) is 0 Å². The Bertz CT molecular complexity index is 667. The number of piperidine rings is 1. The van der Waals surface area contributed by atoms with Gasteiger partial charge in [0.25, 0.3) is 0 Å². The van der Waals surface area contributed by atoms with Crippen LogP contribution in [0.4, 0.5) is 0 Å². The van der Waals surface area contributed by atoms with Crippen LogP contribution in [-0.2, 0) is 14.9 Å². The molecule has 4 heteroatoms. The summed E-state index contributed by atoms with van der Waals surface area (Å²) in [6, 6.07) is 8.88. The molecular formula is C26H40ClNO2. The molecule has 3 nitrogen and oxygen atoms in total. The minimum atomic E-state index is 0.106. The second-order valence-corrected chi connectivity index (χ2v) is 10.5. The summed E-state index contributed by atoms with van der Waals surface area (Å²) in [4.78, 5) is 2.70. The van der Waals surface area contributed by atoms with Crippen LogP contribution >= 0.6 is 11.6 Å². The van der Waals surface area contributed by atoms with Gasteiger partial charge in [-0.15, -0.1) is 0 Å². The SMILES string of the molecule is CC(C)=CC(CC(C)(C)c1ccc(Cl)cc1)N1CCC(CCOC2CCOC2)CC1. The molecule has 0 aliphatic carbocycles. The summed E-state index contributed by atoms with van der Waals surface area (Å²) in [5.41, 5.74) is 2.87. The minimum Gasteiger partial charge on any atom is -0.379 e. The molecule has 0 N–H and O–H groups in total. The van der Waals surface area contributed by atoms with E-state index in [1.165, 1.54) is 43.5 Å². The maximum atomic E-state index is 6.11. The van der Waals surface area contributed by atoms with Crippen molar-refractivity contribution < 1.29 is 9.47 Å². The van der Waals surface area contributed by atoms with Crippen molar-refractivity contribution in [2.24, 2.45) is 5.92 Å². The number of likely N-dealkylation sites (tertiary alicyclic amines) is 1. The van der Waals surface area contributed by atoms with E-state index in [1.54, 1.807) is 0 Å². The second kappa shape index (κ2) is 11.1. The van der Waals surface area contributed by atoms with Crippen LogP contribution in [0.25, 0.3) is 0 Å². The summed E-state index contributed by atoms with van der Waals surface area (Å²) in [5.74, 6) is 0.792. The molecule has 1 aromatic carbocycles. The summed E-state index contributed by atoms with van der Waals surface area (Å²) in [7, 11) is 0. The largest absolute Gasteiger partial charge is 0.379 e. The van der Waals surface area contributed by atoms with Crippen LogP contribution in [0, 0.1) is 5.92 Å². The van der Waals surface area contributed by atoms with Gasteiger partial charge >= 0.3 is 0 Å². The van der Waals surface area contributed by atoms with Gasteiger partial charge in [-0.05, 0) is 88.1 Å². The van der Waals surface area contributed by atoms with Gasteiger partial charge in [-0.3, -0.25) is 4.90 Å². The molecule has 0 aromatic heterocycles. The van der Waals surface area contributed by atoms with Crippen molar-refractivity contribution in [3.05, 3.63) is 46.5 Å². The Morgan fingerprint density at radius 1 is 1.20 bits per heavy atom. The van der Waals surface area contributed by atoms with Crippen molar-refractivity contribution in [3.8, 4) is 0 Å². The lowest BCUT2D eigenvalue weighted by Crippen LogP contribution is -2.43. The Hall–Kier alpha value is -0.870. The third kappa shape index (κ3) is 7.09. The van der Waals surface area contributed by atoms with Gasteiger partial charge in [-0.2, -0.15) is 0 Å². The highest BCUT2D eigenvalue weighted by Gasteiger charge is 2.30. The number of benzene rings is 1. The molecule has 2 aliphatic rings. The molecule has 30 heavy (non-hydrogen) atoms. The van der Waals surface area contributed by atoms with Gasteiger partial charge in [0.2, 0.25) is 0 Å². The fourth-order valence-electron chi connectivity index (χ4n) is 4.84. The van der Waals surface area contributed by atoms with Crippen LogP contribution < -0.4 is 0 Å². The van der Waals surface area contributed by atoms with E-state index in [9.17, 15) is 0 Å². The van der Waals surface area contributed by atoms with Crippen LogP contribution in [0.2, 0.25) is 5.02 Å². The first-order chi connectivity index (χ1) is 14.3. The van der Waals surface area contributed by atoms with E-state index in [0.717, 1.165) is 43.6 Å². The van der Waals surface area contributed by atoms with E-state index in [1.807, 2.05) is 12.1 Å². The summed E-state index contributed by atoms with van der Waals surface area (Å²) >= 11 is 6.11. The summed E-state index contributed by atoms with van der Waals surface area (Å²) in [6.45, 7) is 14.1. The molecule has 2 atom stereocenters. The van der Waals surface area contributed by atoms with Crippen molar-refractivity contribution in [1.29, 1.82) is 0 Å². The zero-order chi connectivity index (χ0) is 21.6. The molecule has 2 aliphatic heterocycles. The van der Waals surface area contributed by atoms with Crippen molar-refractivity contribution in [2.75, 3.05) is 32.9 Å². The van der Waals surface area contributed by atoms with Crippen LogP contribution in [0.5, 0.6) is 0 Å². The van der Waals surface area contributed by atoms with Crippen molar-refractivity contribution in [3.63, 3.8) is 0 Å². The maximum absolute atomic E-state index is 6.11. The maximum Gasteiger partial charge on any atom is 0.0830 e. The van der Waals surface area contributed by atoms with Gasteiger partial charge in [-0.1, -0.05) is 49.2 Å². The summed E-state index contributed by atoms with van der Waals surface area (Å²) in [5, 5.41) is 0.807. The molecule has 0 saturated carbocycles. The highest BCUT2D eigenvalue weighted by atomic mass is 35.5. The average Bonchev–Trinajstić information content (AvgIpc) is 3.21. The first kappa shape index (κ1) is 23.8. The van der Waals surface area contributed by atoms with E-state index in [-0.39, 0.29) is 5.41 Å². The number of hydrogen-bond donors (Lipinski definition) is 0. The molecule has 2 unspecified atom stereocenters. The molecule has 1 aromatic rings. The standard InChI is InChI=1S/C26H40ClNO2/c1-20(2)17-24(18-26(3,4)22-5-7-23(27)8-6-22)28-13-9-21(10-14-28)11-16-30-25-12-15-29-19-25/h5-8,17,21,24-25H,9-16,18-19H2,1-4H3. The fourth-order valence-corrected chi connectivity index (χ4v) is 4.96. The third-order valence-electron chi connectivity index (χ3n) is 6.76. The molecule has 2 fully saturated rings. The van der Waals surface area contributed by atoms with Gasteiger partial charge < -0.3 is 9.47 Å². The highest BCUT2D eigenvalue weighted by Crippen LogP contribution is 2.33. The van der Waals surface area contributed by atoms with Crippen LogP contribution in [0.15, 0.2) is 35.9 Å². The molecule has 2 saturated heterocycles. The summed E-state index contributed by atoms with van der Waals surface area (Å²) < 4.78 is 11.4. The Kier molecular flexibility index (Phi) is 8.82. The Labute approximate surface area is 188 Å². The molecule has 0 spiro atoms. The number of ether oxygens (including phenoxy) is 2. The van der Waals surface area contributed by atoms with E-state index < -0.39 is 0 Å². The van der Waals surface area contributed by atoms with Crippen molar-refractivity contribution in [2.45, 2.75) is 77.4 Å². The van der Waals surface area contributed by atoms with Crippen molar-refractivity contribution >= 4 is 11.6 Å².